The molecule has 0 saturated carbocycles. The largest absolute Gasteiger partial charge is 0.392 e. The molecule has 14 heavy (non-hydrogen) atoms. The van der Waals surface area contributed by atoms with Gasteiger partial charge >= 0.3 is 0 Å². The summed E-state index contributed by atoms with van der Waals surface area (Å²) in [5.74, 6) is 0. The second kappa shape index (κ2) is 6.38. The molecule has 0 aromatic heterocycles. The fourth-order valence-corrected chi connectivity index (χ4v) is 2.10. The van der Waals surface area contributed by atoms with Crippen molar-refractivity contribution >= 4 is 0 Å². The Morgan fingerprint density at radius 1 is 1.50 bits per heavy atom. The number of aliphatic hydroxyl groups is 1. The Morgan fingerprint density at radius 2 is 2.29 bits per heavy atom. The lowest BCUT2D eigenvalue weighted by Crippen LogP contribution is -2.45. The van der Waals surface area contributed by atoms with Crippen molar-refractivity contribution in [1.29, 1.82) is 0 Å². The number of likely N-dealkylation sites (N-methyl/N-ethyl adjacent to an activating group) is 1. The van der Waals surface area contributed by atoms with Crippen molar-refractivity contribution < 1.29 is 5.11 Å². The molecule has 3 nitrogen and oxygen atoms in total. The van der Waals surface area contributed by atoms with E-state index in [1.807, 2.05) is 6.92 Å². The molecule has 0 aromatic rings. The SMILES string of the molecule is CCN(CC1CCCCN1)C[C@H](C)O. The summed E-state index contributed by atoms with van der Waals surface area (Å²) in [5, 5.41) is 12.9. The maximum Gasteiger partial charge on any atom is 0.0639 e. The average molecular weight is 200 g/mol. The summed E-state index contributed by atoms with van der Waals surface area (Å²) < 4.78 is 0. The van der Waals surface area contributed by atoms with Crippen LogP contribution in [0.4, 0.5) is 0 Å². The Hall–Kier alpha value is -0.120. The molecule has 0 aromatic carbocycles. The summed E-state index contributed by atoms with van der Waals surface area (Å²) in [5.41, 5.74) is 0. The zero-order valence-corrected chi connectivity index (χ0v) is 9.50. The van der Waals surface area contributed by atoms with E-state index in [9.17, 15) is 5.11 Å². The lowest BCUT2D eigenvalue weighted by atomic mass is 10.0. The molecule has 1 fully saturated rings. The first kappa shape index (κ1) is 12.0. The van der Waals surface area contributed by atoms with Gasteiger partial charge in [-0.05, 0) is 32.9 Å². The molecule has 2 atom stereocenters. The molecule has 84 valence electrons. The van der Waals surface area contributed by atoms with E-state index < -0.39 is 0 Å². The third kappa shape index (κ3) is 4.40. The van der Waals surface area contributed by atoms with Gasteiger partial charge in [-0.15, -0.1) is 0 Å². The first-order valence-electron chi connectivity index (χ1n) is 5.86. The number of nitrogens with zero attached hydrogens (tertiary/aromatic N) is 1. The molecule has 0 amide bonds. The minimum absolute atomic E-state index is 0.210. The maximum atomic E-state index is 9.32. The van der Waals surface area contributed by atoms with Crippen molar-refractivity contribution in [2.75, 3.05) is 26.2 Å². The van der Waals surface area contributed by atoms with Crippen LogP contribution in [0.1, 0.15) is 33.1 Å². The molecule has 0 radical (unpaired) electrons. The van der Waals surface area contributed by atoms with Crippen LogP contribution in [0.15, 0.2) is 0 Å². The molecule has 0 bridgehead atoms. The summed E-state index contributed by atoms with van der Waals surface area (Å²) >= 11 is 0. The van der Waals surface area contributed by atoms with Crippen LogP contribution in [0.3, 0.4) is 0 Å². The van der Waals surface area contributed by atoms with Crippen LogP contribution in [0.5, 0.6) is 0 Å². The topological polar surface area (TPSA) is 35.5 Å². The summed E-state index contributed by atoms with van der Waals surface area (Å²) in [4.78, 5) is 2.33. The van der Waals surface area contributed by atoms with E-state index in [0.717, 1.165) is 26.2 Å². The number of hydrogen-bond donors (Lipinski definition) is 2. The Labute approximate surface area is 87.5 Å². The van der Waals surface area contributed by atoms with Crippen LogP contribution in [-0.4, -0.2) is 48.3 Å². The average Bonchev–Trinajstić information content (AvgIpc) is 2.17. The number of piperidine rings is 1. The second-order valence-corrected chi connectivity index (χ2v) is 4.35. The van der Waals surface area contributed by atoms with Crippen molar-refractivity contribution in [3.05, 3.63) is 0 Å². The predicted octanol–water partition coefficient (Wildman–Crippen LogP) is 0.831. The molecule has 1 aliphatic heterocycles. The quantitative estimate of drug-likeness (QED) is 0.690. The van der Waals surface area contributed by atoms with Crippen LogP contribution in [0.25, 0.3) is 0 Å². The third-order valence-corrected chi connectivity index (χ3v) is 2.86. The molecular weight excluding hydrogens is 176 g/mol. The van der Waals surface area contributed by atoms with Gasteiger partial charge in [0.25, 0.3) is 0 Å². The Kier molecular flexibility index (Phi) is 5.45. The van der Waals surface area contributed by atoms with Gasteiger partial charge in [0.1, 0.15) is 0 Å². The van der Waals surface area contributed by atoms with Crippen molar-refractivity contribution in [3.8, 4) is 0 Å². The van der Waals surface area contributed by atoms with Crippen LogP contribution >= 0.6 is 0 Å². The summed E-state index contributed by atoms with van der Waals surface area (Å²) in [6.07, 6.45) is 3.75. The molecule has 1 aliphatic rings. The van der Waals surface area contributed by atoms with Gasteiger partial charge in [0.15, 0.2) is 0 Å². The summed E-state index contributed by atoms with van der Waals surface area (Å²) in [7, 11) is 0. The molecule has 1 saturated heterocycles. The van der Waals surface area contributed by atoms with Crippen molar-refractivity contribution in [2.45, 2.75) is 45.3 Å². The number of hydrogen-bond acceptors (Lipinski definition) is 3. The first-order valence-corrected chi connectivity index (χ1v) is 5.86. The third-order valence-electron chi connectivity index (χ3n) is 2.86. The standard InChI is InChI=1S/C11H24N2O/c1-3-13(8-10(2)14)9-11-6-4-5-7-12-11/h10-12,14H,3-9H2,1-2H3/t10-,11?/m0/s1. The number of nitrogens with one attached hydrogen (secondary N) is 1. The molecule has 1 rings (SSSR count). The molecule has 0 spiro atoms. The van der Waals surface area contributed by atoms with Crippen molar-refractivity contribution in [2.24, 2.45) is 0 Å². The minimum Gasteiger partial charge on any atom is -0.392 e. The van der Waals surface area contributed by atoms with Gasteiger partial charge in [-0.2, -0.15) is 0 Å². The minimum atomic E-state index is -0.210. The summed E-state index contributed by atoms with van der Waals surface area (Å²) in [6.45, 7) is 8.10. The normalized spacial score (nSPS) is 25.3. The van der Waals surface area contributed by atoms with Gasteiger partial charge in [0.05, 0.1) is 6.10 Å². The number of aliphatic hydroxyl groups excluding tert-OH is 1. The lowest BCUT2D eigenvalue weighted by molar-refractivity contribution is 0.120. The zero-order chi connectivity index (χ0) is 10.4. The Morgan fingerprint density at radius 3 is 2.79 bits per heavy atom. The predicted molar refractivity (Wildman–Crippen MR) is 59.4 cm³/mol. The van der Waals surface area contributed by atoms with E-state index in [0.29, 0.717) is 6.04 Å². The fraction of sp³-hybridized carbons (Fsp3) is 1.00. The molecule has 3 heteroatoms. The zero-order valence-electron chi connectivity index (χ0n) is 9.50. The van der Waals surface area contributed by atoms with Crippen LogP contribution in [-0.2, 0) is 0 Å². The van der Waals surface area contributed by atoms with Crippen molar-refractivity contribution in [3.63, 3.8) is 0 Å². The Bertz CT molecular complexity index is 144. The van der Waals surface area contributed by atoms with E-state index >= 15 is 0 Å². The van der Waals surface area contributed by atoms with Crippen LogP contribution in [0.2, 0.25) is 0 Å². The molecule has 2 N–H and O–H groups in total. The van der Waals surface area contributed by atoms with Gasteiger partial charge in [-0.25, -0.2) is 0 Å². The maximum absolute atomic E-state index is 9.32. The lowest BCUT2D eigenvalue weighted by Gasteiger charge is -2.30. The molecular formula is C11H24N2O. The molecule has 0 aliphatic carbocycles. The van der Waals surface area contributed by atoms with Gasteiger partial charge in [-0.1, -0.05) is 13.3 Å². The van der Waals surface area contributed by atoms with E-state index in [-0.39, 0.29) is 6.10 Å². The molecule has 1 heterocycles. The van der Waals surface area contributed by atoms with Crippen LogP contribution < -0.4 is 5.32 Å². The van der Waals surface area contributed by atoms with Gasteiger partial charge in [-0.3, -0.25) is 4.90 Å². The summed E-state index contributed by atoms with van der Waals surface area (Å²) in [6, 6.07) is 0.641. The molecule has 1 unspecified atom stereocenters. The smallest absolute Gasteiger partial charge is 0.0639 e. The number of rotatable bonds is 5. The van der Waals surface area contributed by atoms with E-state index in [1.165, 1.54) is 19.3 Å². The van der Waals surface area contributed by atoms with Gasteiger partial charge in [0.2, 0.25) is 0 Å². The highest BCUT2D eigenvalue weighted by Gasteiger charge is 2.16. The van der Waals surface area contributed by atoms with Gasteiger partial charge < -0.3 is 10.4 Å². The van der Waals surface area contributed by atoms with E-state index in [4.69, 9.17) is 0 Å². The highest BCUT2D eigenvalue weighted by atomic mass is 16.3. The highest BCUT2D eigenvalue weighted by molar-refractivity contribution is 4.76. The van der Waals surface area contributed by atoms with Crippen molar-refractivity contribution in [1.82, 2.24) is 10.2 Å². The van der Waals surface area contributed by atoms with Gasteiger partial charge in [0, 0.05) is 19.1 Å². The highest BCUT2D eigenvalue weighted by Crippen LogP contribution is 2.08. The Balaban J connectivity index is 2.23. The van der Waals surface area contributed by atoms with Crippen LogP contribution in [0, 0.1) is 0 Å². The first-order chi connectivity index (χ1) is 6.72. The monoisotopic (exact) mass is 200 g/mol. The van der Waals surface area contributed by atoms with E-state index in [1.54, 1.807) is 0 Å². The van der Waals surface area contributed by atoms with E-state index in [2.05, 4.69) is 17.1 Å². The fourth-order valence-electron chi connectivity index (χ4n) is 2.10. The second-order valence-electron chi connectivity index (χ2n) is 4.35.